The van der Waals surface area contributed by atoms with Crippen molar-refractivity contribution in [3.63, 3.8) is 0 Å². The minimum Gasteiger partial charge on any atom is -0.409 e. The van der Waals surface area contributed by atoms with E-state index in [2.05, 4.69) is 10.5 Å². The summed E-state index contributed by atoms with van der Waals surface area (Å²) in [6.07, 6.45) is 0.495. The molecule has 0 aliphatic heterocycles. The van der Waals surface area contributed by atoms with Gasteiger partial charge in [-0.3, -0.25) is 4.79 Å². The molecule has 1 unspecified atom stereocenters. The molecule has 0 heterocycles. The molecule has 0 bridgehead atoms. The second-order valence-electron chi connectivity index (χ2n) is 4.42. The Morgan fingerprint density at radius 1 is 1.60 bits per heavy atom. The second kappa shape index (κ2) is 6.58. The summed E-state index contributed by atoms with van der Waals surface area (Å²) in [4.78, 5) is 12.2. The van der Waals surface area contributed by atoms with Crippen LogP contribution in [-0.4, -0.2) is 29.7 Å². The van der Waals surface area contributed by atoms with Gasteiger partial charge in [-0.2, -0.15) is 0 Å². The first kappa shape index (κ1) is 16.3. The van der Waals surface area contributed by atoms with E-state index in [0.717, 1.165) is 0 Å². The molecule has 1 rings (SSSR count). The summed E-state index contributed by atoms with van der Waals surface area (Å²) in [6, 6.07) is 4.67. The number of methoxy groups -OCH3 is 1. The third kappa shape index (κ3) is 3.40. The van der Waals surface area contributed by atoms with Crippen molar-refractivity contribution in [3.05, 3.63) is 28.8 Å². The fourth-order valence-electron chi connectivity index (χ4n) is 1.55. The highest BCUT2D eigenvalue weighted by Gasteiger charge is 2.31. The monoisotopic (exact) mass is 299 g/mol. The first-order valence-corrected chi connectivity index (χ1v) is 6.39. The summed E-state index contributed by atoms with van der Waals surface area (Å²) in [7, 11) is 1.46. The summed E-state index contributed by atoms with van der Waals surface area (Å²) in [5, 5.41) is 14.8. The van der Waals surface area contributed by atoms with Crippen LogP contribution in [0.4, 0.5) is 5.69 Å². The Morgan fingerprint density at radius 2 is 2.25 bits per heavy atom. The van der Waals surface area contributed by atoms with Crippen LogP contribution >= 0.6 is 11.6 Å². The number of nitrogens with two attached hydrogens (primary N) is 1. The van der Waals surface area contributed by atoms with Gasteiger partial charge in [0.15, 0.2) is 5.84 Å². The molecule has 0 aliphatic carbocycles. The molecular weight excluding hydrogens is 282 g/mol. The molecule has 7 heteroatoms. The molecule has 1 aromatic carbocycles. The number of carbonyl (C=O) groups excluding carboxylic acids is 1. The predicted octanol–water partition coefficient (Wildman–Crippen LogP) is 2.19. The zero-order chi connectivity index (χ0) is 15.3. The number of hydrogen-bond acceptors (Lipinski definition) is 4. The molecule has 4 N–H and O–H groups in total. The molecule has 0 aromatic heterocycles. The maximum absolute atomic E-state index is 12.2. The van der Waals surface area contributed by atoms with Gasteiger partial charge in [-0.25, -0.2) is 0 Å². The van der Waals surface area contributed by atoms with E-state index in [1.807, 2.05) is 6.92 Å². The minimum absolute atomic E-state index is 0.118. The molecule has 110 valence electrons. The lowest BCUT2D eigenvalue weighted by molar-refractivity contribution is -0.136. The van der Waals surface area contributed by atoms with Crippen LogP contribution in [-0.2, 0) is 9.53 Å². The topological polar surface area (TPSA) is 96.9 Å². The Bertz CT molecular complexity index is 528. The van der Waals surface area contributed by atoms with Crippen LogP contribution in [0.2, 0.25) is 5.02 Å². The van der Waals surface area contributed by atoms with Crippen LogP contribution in [0, 0.1) is 0 Å². The van der Waals surface area contributed by atoms with Crippen LogP contribution in [0.3, 0.4) is 0 Å². The van der Waals surface area contributed by atoms with Crippen molar-refractivity contribution in [2.75, 3.05) is 12.4 Å². The number of amidine groups is 1. The Balaban J connectivity index is 3.14. The van der Waals surface area contributed by atoms with Crippen LogP contribution in [0.1, 0.15) is 25.8 Å². The number of nitrogens with one attached hydrogen (secondary N) is 1. The maximum atomic E-state index is 12.2. The Labute approximate surface area is 122 Å². The number of ether oxygens (including phenoxy) is 1. The van der Waals surface area contributed by atoms with Crippen molar-refractivity contribution in [2.45, 2.75) is 25.9 Å². The summed E-state index contributed by atoms with van der Waals surface area (Å²) in [5.41, 5.74) is 5.33. The van der Waals surface area contributed by atoms with Crippen LogP contribution in [0.5, 0.6) is 0 Å². The number of nitrogens with zero attached hydrogens (tertiary/aromatic N) is 1. The van der Waals surface area contributed by atoms with Gasteiger partial charge in [0.2, 0.25) is 0 Å². The van der Waals surface area contributed by atoms with Gasteiger partial charge in [0.25, 0.3) is 5.91 Å². The zero-order valence-corrected chi connectivity index (χ0v) is 12.4. The van der Waals surface area contributed by atoms with E-state index in [1.165, 1.54) is 13.2 Å². The number of rotatable bonds is 5. The highest BCUT2D eigenvalue weighted by molar-refractivity contribution is 6.31. The molecular formula is C13H18ClN3O3. The van der Waals surface area contributed by atoms with E-state index in [9.17, 15) is 4.79 Å². The minimum atomic E-state index is -0.968. The van der Waals surface area contributed by atoms with Gasteiger partial charge in [0.1, 0.15) is 5.60 Å². The molecule has 0 saturated carbocycles. The summed E-state index contributed by atoms with van der Waals surface area (Å²) >= 11 is 5.90. The number of carbonyl (C=O) groups is 1. The first-order chi connectivity index (χ1) is 9.37. The van der Waals surface area contributed by atoms with Gasteiger partial charge in [0, 0.05) is 17.7 Å². The van der Waals surface area contributed by atoms with Gasteiger partial charge in [0.05, 0.1) is 5.69 Å². The molecule has 0 fully saturated rings. The SMILES string of the molecule is CCC(C)(OC)C(=O)Nc1cc(Cl)ccc1/C(N)=N/O. The van der Waals surface area contributed by atoms with Crippen molar-refractivity contribution in [2.24, 2.45) is 10.9 Å². The van der Waals surface area contributed by atoms with Gasteiger partial charge in [-0.15, -0.1) is 0 Å². The molecule has 1 amide bonds. The van der Waals surface area contributed by atoms with E-state index < -0.39 is 5.60 Å². The van der Waals surface area contributed by atoms with Gasteiger partial charge in [-0.05, 0) is 31.5 Å². The number of hydrogen-bond donors (Lipinski definition) is 3. The molecule has 0 radical (unpaired) electrons. The molecule has 1 aromatic rings. The smallest absolute Gasteiger partial charge is 0.256 e. The molecule has 20 heavy (non-hydrogen) atoms. The highest BCUT2D eigenvalue weighted by atomic mass is 35.5. The van der Waals surface area contributed by atoms with Crippen molar-refractivity contribution < 1.29 is 14.7 Å². The number of halogens is 1. The highest BCUT2D eigenvalue weighted by Crippen LogP contribution is 2.24. The fourth-order valence-corrected chi connectivity index (χ4v) is 1.72. The average Bonchev–Trinajstić information content (AvgIpc) is 2.45. The Hall–Kier alpha value is -1.79. The second-order valence-corrected chi connectivity index (χ2v) is 4.85. The molecule has 0 saturated heterocycles. The zero-order valence-electron chi connectivity index (χ0n) is 11.6. The number of benzene rings is 1. The Morgan fingerprint density at radius 3 is 2.75 bits per heavy atom. The molecule has 0 aliphatic rings. The van der Waals surface area contributed by atoms with E-state index >= 15 is 0 Å². The predicted molar refractivity (Wildman–Crippen MR) is 78.3 cm³/mol. The lowest BCUT2D eigenvalue weighted by Gasteiger charge is -2.25. The Kier molecular flexibility index (Phi) is 5.35. The average molecular weight is 300 g/mol. The molecule has 1 atom stereocenters. The number of amides is 1. The standard InChI is InChI=1S/C13H18ClN3O3/c1-4-13(2,20-3)12(18)16-10-7-8(14)5-6-9(10)11(15)17-19/h5-7,19H,4H2,1-3H3,(H2,15,17)(H,16,18). The van der Waals surface area contributed by atoms with Crippen LogP contribution < -0.4 is 11.1 Å². The summed E-state index contributed by atoms with van der Waals surface area (Å²) < 4.78 is 5.22. The van der Waals surface area contributed by atoms with E-state index in [-0.39, 0.29) is 11.7 Å². The third-order valence-corrected chi connectivity index (χ3v) is 3.45. The van der Waals surface area contributed by atoms with E-state index in [4.69, 9.17) is 27.3 Å². The van der Waals surface area contributed by atoms with E-state index in [1.54, 1.807) is 19.1 Å². The van der Waals surface area contributed by atoms with Crippen molar-refractivity contribution in [1.82, 2.24) is 0 Å². The number of anilines is 1. The van der Waals surface area contributed by atoms with Crippen LogP contribution in [0.25, 0.3) is 0 Å². The van der Waals surface area contributed by atoms with Gasteiger partial charge >= 0.3 is 0 Å². The third-order valence-electron chi connectivity index (χ3n) is 3.22. The lowest BCUT2D eigenvalue weighted by atomic mass is 10.0. The molecule has 0 spiro atoms. The normalized spacial score (nSPS) is 14.7. The summed E-state index contributed by atoms with van der Waals surface area (Å²) in [6.45, 7) is 3.52. The largest absolute Gasteiger partial charge is 0.409 e. The van der Waals surface area contributed by atoms with Crippen molar-refractivity contribution in [1.29, 1.82) is 0 Å². The first-order valence-electron chi connectivity index (χ1n) is 6.02. The van der Waals surface area contributed by atoms with Crippen molar-refractivity contribution >= 4 is 29.0 Å². The fraction of sp³-hybridized carbons (Fsp3) is 0.385. The van der Waals surface area contributed by atoms with Gasteiger partial charge < -0.3 is 21.0 Å². The van der Waals surface area contributed by atoms with Crippen LogP contribution in [0.15, 0.2) is 23.4 Å². The molecule has 6 nitrogen and oxygen atoms in total. The van der Waals surface area contributed by atoms with Crippen molar-refractivity contribution in [3.8, 4) is 0 Å². The summed E-state index contributed by atoms with van der Waals surface area (Å²) in [5.74, 6) is -0.454. The van der Waals surface area contributed by atoms with E-state index in [0.29, 0.717) is 22.7 Å². The maximum Gasteiger partial charge on any atom is 0.256 e. The lowest BCUT2D eigenvalue weighted by Crippen LogP contribution is -2.41. The quantitative estimate of drug-likeness (QED) is 0.336. The number of oxime groups is 1. The van der Waals surface area contributed by atoms with Gasteiger partial charge in [-0.1, -0.05) is 23.7 Å².